The van der Waals surface area contributed by atoms with Gasteiger partial charge in [-0.25, -0.2) is 0 Å². The Morgan fingerprint density at radius 3 is 2.20 bits per heavy atom. The Balaban J connectivity index is 1.89. The van der Waals surface area contributed by atoms with Gasteiger partial charge in [0.2, 0.25) is 0 Å². The zero-order valence-electron chi connectivity index (χ0n) is 9.49. The minimum atomic E-state index is -0.425. The normalized spacial score (nSPS) is 29.2. The lowest BCUT2D eigenvalue weighted by molar-refractivity contribution is -0.0873. The zero-order valence-corrected chi connectivity index (χ0v) is 9.49. The topological polar surface area (TPSA) is 43.7 Å². The predicted octanol–water partition coefficient (Wildman–Crippen LogP) is 1.34. The molecule has 2 rings (SSSR count). The lowest BCUT2D eigenvalue weighted by Gasteiger charge is -2.44. The molecule has 88 valence electrons. The van der Waals surface area contributed by atoms with Gasteiger partial charge in [0.1, 0.15) is 0 Å². The maximum absolute atomic E-state index is 10.6. The second-order valence-corrected chi connectivity index (χ2v) is 5.20. The first-order chi connectivity index (χ1) is 7.24. The number of aliphatic hydroxyl groups is 2. The highest BCUT2D eigenvalue weighted by atomic mass is 16.3. The summed E-state index contributed by atoms with van der Waals surface area (Å²) in [6, 6.07) is 0. The van der Waals surface area contributed by atoms with Gasteiger partial charge in [-0.1, -0.05) is 19.3 Å². The molecule has 1 saturated carbocycles. The van der Waals surface area contributed by atoms with Crippen molar-refractivity contribution >= 4 is 0 Å². The van der Waals surface area contributed by atoms with Crippen LogP contribution in [-0.2, 0) is 0 Å². The molecule has 0 bridgehead atoms. The molecule has 3 heteroatoms. The molecular weight excluding hydrogens is 190 g/mol. The van der Waals surface area contributed by atoms with Gasteiger partial charge in [-0.3, -0.25) is 4.90 Å². The van der Waals surface area contributed by atoms with E-state index in [0.29, 0.717) is 5.92 Å². The molecule has 0 radical (unpaired) electrons. The van der Waals surface area contributed by atoms with E-state index in [9.17, 15) is 5.11 Å². The maximum atomic E-state index is 10.6. The minimum Gasteiger partial charge on any atom is -0.390 e. The number of hydrogen-bond donors (Lipinski definition) is 2. The summed E-state index contributed by atoms with van der Waals surface area (Å²) in [5.41, 5.74) is -0.425. The SMILES string of the molecule is OCN1CCC(O)(C2CCCCC2)CC1. The molecule has 1 saturated heterocycles. The Kier molecular flexibility index (Phi) is 3.65. The molecule has 0 aromatic carbocycles. The van der Waals surface area contributed by atoms with E-state index in [1.54, 1.807) is 0 Å². The molecule has 0 amide bonds. The summed E-state index contributed by atoms with van der Waals surface area (Å²) >= 11 is 0. The van der Waals surface area contributed by atoms with Crippen molar-refractivity contribution in [2.75, 3.05) is 19.8 Å². The number of nitrogens with zero attached hydrogens (tertiary/aromatic N) is 1. The van der Waals surface area contributed by atoms with Crippen LogP contribution in [0.25, 0.3) is 0 Å². The van der Waals surface area contributed by atoms with Gasteiger partial charge in [0.25, 0.3) is 0 Å². The van der Waals surface area contributed by atoms with Gasteiger partial charge < -0.3 is 10.2 Å². The molecule has 0 spiro atoms. The fourth-order valence-corrected chi connectivity index (χ4v) is 3.13. The summed E-state index contributed by atoms with van der Waals surface area (Å²) in [4.78, 5) is 2.01. The van der Waals surface area contributed by atoms with Gasteiger partial charge in [-0.05, 0) is 31.6 Å². The van der Waals surface area contributed by atoms with Crippen molar-refractivity contribution in [2.24, 2.45) is 5.92 Å². The highest BCUT2D eigenvalue weighted by Gasteiger charge is 2.39. The smallest absolute Gasteiger partial charge is 0.0956 e. The summed E-state index contributed by atoms with van der Waals surface area (Å²) in [5.74, 6) is 0.520. The second kappa shape index (κ2) is 4.81. The third-order valence-corrected chi connectivity index (χ3v) is 4.29. The van der Waals surface area contributed by atoms with Crippen molar-refractivity contribution in [1.82, 2.24) is 4.90 Å². The summed E-state index contributed by atoms with van der Waals surface area (Å²) in [6.45, 7) is 1.84. The first-order valence-corrected chi connectivity index (χ1v) is 6.30. The predicted molar refractivity (Wildman–Crippen MR) is 59.4 cm³/mol. The van der Waals surface area contributed by atoms with Crippen LogP contribution in [0, 0.1) is 5.92 Å². The quantitative estimate of drug-likeness (QED) is 0.727. The standard InChI is InChI=1S/C12H23NO2/c14-10-13-8-6-12(15,7-9-13)11-4-2-1-3-5-11/h11,14-15H,1-10H2. The number of rotatable bonds is 2. The van der Waals surface area contributed by atoms with Crippen molar-refractivity contribution in [3.05, 3.63) is 0 Å². The van der Waals surface area contributed by atoms with E-state index < -0.39 is 5.60 Å². The number of aliphatic hydroxyl groups excluding tert-OH is 1. The van der Waals surface area contributed by atoms with Crippen LogP contribution in [0.2, 0.25) is 0 Å². The van der Waals surface area contributed by atoms with Crippen LogP contribution in [0.5, 0.6) is 0 Å². The molecule has 2 fully saturated rings. The van der Waals surface area contributed by atoms with Crippen LogP contribution >= 0.6 is 0 Å². The molecule has 15 heavy (non-hydrogen) atoms. The Morgan fingerprint density at radius 1 is 1.07 bits per heavy atom. The fraction of sp³-hybridized carbons (Fsp3) is 1.00. The Morgan fingerprint density at radius 2 is 1.67 bits per heavy atom. The molecule has 1 aliphatic carbocycles. The van der Waals surface area contributed by atoms with Crippen LogP contribution in [0.1, 0.15) is 44.9 Å². The summed E-state index contributed by atoms with van der Waals surface area (Å²) in [7, 11) is 0. The zero-order chi connectivity index (χ0) is 10.7. The van der Waals surface area contributed by atoms with E-state index in [-0.39, 0.29) is 6.73 Å². The van der Waals surface area contributed by atoms with Crippen molar-refractivity contribution in [3.63, 3.8) is 0 Å². The highest BCUT2D eigenvalue weighted by molar-refractivity contribution is 4.92. The molecule has 0 aromatic heterocycles. The van der Waals surface area contributed by atoms with Gasteiger partial charge in [0.05, 0.1) is 12.3 Å². The van der Waals surface area contributed by atoms with Crippen LogP contribution in [-0.4, -0.2) is 40.5 Å². The highest BCUT2D eigenvalue weighted by Crippen LogP contribution is 2.38. The molecule has 0 atom stereocenters. The lowest BCUT2D eigenvalue weighted by atomic mass is 9.72. The summed E-state index contributed by atoms with van der Waals surface area (Å²) < 4.78 is 0. The lowest BCUT2D eigenvalue weighted by Crippen LogP contribution is -2.49. The van der Waals surface area contributed by atoms with Crippen LogP contribution in [0.15, 0.2) is 0 Å². The summed E-state index contributed by atoms with van der Waals surface area (Å²) in [5, 5.41) is 19.6. The van der Waals surface area contributed by atoms with E-state index in [1.807, 2.05) is 4.90 Å². The molecule has 1 heterocycles. The Hall–Kier alpha value is -0.120. The number of hydrogen-bond acceptors (Lipinski definition) is 3. The Labute approximate surface area is 92.1 Å². The largest absolute Gasteiger partial charge is 0.390 e. The summed E-state index contributed by atoms with van der Waals surface area (Å²) in [6.07, 6.45) is 8.02. The van der Waals surface area contributed by atoms with Crippen molar-refractivity contribution in [1.29, 1.82) is 0 Å². The van der Waals surface area contributed by atoms with Gasteiger partial charge in [-0.15, -0.1) is 0 Å². The van der Waals surface area contributed by atoms with E-state index in [2.05, 4.69) is 0 Å². The van der Waals surface area contributed by atoms with Gasteiger partial charge in [-0.2, -0.15) is 0 Å². The fourth-order valence-electron chi connectivity index (χ4n) is 3.13. The second-order valence-electron chi connectivity index (χ2n) is 5.20. The first kappa shape index (κ1) is 11.4. The molecule has 0 aromatic rings. The number of likely N-dealkylation sites (tertiary alicyclic amines) is 1. The first-order valence-electron chi connectivity index (χ1n) is 6.30. The van der Waals surface area contributed by atoms with Gasteiger partial charge >= 0.3 is 0 Å². The molecule has 2 aliphatic rings. The molecule has 2 N–H and O–H groups in total. The van der Waals surface area contributed by atoms with Crippen molar-refractivity contribution in [3.8, 4) is 0 Å². The minimum absolute atomic E-state index is 0.140. The van der Waals surface area contributed by atoms with Crippen LogP contribution in [0.3, 0.4) is 0 Å². The van der Waals surface area contributed by atoms with Crippen LogP contribution < -0.4 is 0 Å². The van der Waals surface area contributed by atoms with E-state index in [1.165, 1.54) is 32.1 Å². The third kappa shape index (κ3) is 2.52. The average molecular weight is 213 g/mol. The van der Waals surface area contributed by atoms with Crippen molar-refractivity contribution in [2.45, 2.75) is 50.5 Å². The molecule has 0 unspecified atom stereocenters. The van der Waals surface area contributed by atoms with Gasteiger partial charge in [0, 0.05) is 13.1 Å². The molecule has 3 nitrogen and oxygen atoms in total. The molecular formula is C12H23NO2. The monoisotopic (exact) mass is 213 g/mol. The van der Waals surface area contributed by atoms with E-state index >= 15 is 0 Å². The van der Waals surface area contributed by atoms with Crippen molar-refractivity contribution < 1.29 is 10.2 Å². The third-order valence-electron chi connectivity index (χ3n) is 4.29. The number of piperidine rings is 1. The van der Waals surface area contributed by atoms with E-state index in [0.717, 1.165) is 25.9 Å². The van der Waals surface area contributed by atoms with E-state index in [4.69, 9.17) is 5.11 Å². The van der Waals surface area contributed by atoms with Gasteiger partial charge in [0.15, 0.2) is 0 Å². The Bertz CT molecular complexity index is 194. The van der Waals surface area contributed by atoms with Crippen LogP contribution in [0.4, 0.5) is 0 Å². The maximum Gasteiger partial charge on any atom is 0.0956 e. The average Bonchev–Trinajstić information content (AvgIpc) is 2.31. The molecule has 1 aliphatic heterocycles.